The highest BCUT2D eigenvalue weighted by molar-refractivity contribution is 6.43. The Balaban J connectivity index is 1.13. The van der Waals surface area contributed by atoms with Crippen LogP contribution in [-0.4, -0.2) is 73.6 Å². The van der Waals surface area contributed by atoms with Gasteiger partial charge in [-0.1, -0.05) is 29.3 Å². The van der Waals surface area contributed by atoms with Crippen molar-refractivity contribution in [3.8, 4) is 0 Å². The largest absolute Gasteiger partial charge is 0.368 e. The van der Waals surface area contributed by atoms with E-state index in [2.05, 4.69) is 15.1 Å². The summed E-state index contributed by atoms with van der Waals surface area (Å²) in [5.41, 5.74) is 1.01. The number of halogens is 4. The Bertz CT molecular complexity index is 773. The molecule has 31 heavy (non-hydrogen) atoms. The van der Waals surface area contributed by atoms with E-state index in [4.69, 9.17) is 23.2 Å². The molecule has 1 aromatic carbocycles. The van der Waals surface area contributed by atoms with Gasteiger partial charge in [0, 0.05) is 32.2 Å². The first-order chi connectivity index (χ1) is 14.8. The SMILES string of the molecule is O=C(NC1CCC(CCN2CCN(c3cccc(Cl)c3Cl)CC2)CC1)N1CC(F)(F)C1. The minimum Gasteiger partial charge on any atom is -0.368 e. The number of nitrogens with zero attached hydrogens (tertiary/aromatic N) is 3. The minimum absolute atomic E-state index is 0.115. The number of amides is 2. The second kappa shape index (κ2) is 9.67. The topological polar surface area (TPSA) is 38.8 Å². The average Bonchev–Trinajstić information content (AvgIpc) is 2.74. The lowest BCUT2D eigenvalue weighted by molar-refractivity contribution is -0.110. The third kappa shape index (κ3) is 5.74. The molecule has 1 aromatic rings. The fraction of sp³-hybridized carbons (Fsp3) is 0.682. The summed E-state index contributed by atoms with van der Waals surface area (Å²) in [5.74, 6) is -2.04. The fourth-order valence-corrected chi connectivity index (χ4v) is 5.25. The molecule has 0 atom stereocenters. The van der Waals surface area contributed by atoms with Gasteiger partial charge in [-0.2, -0.15) is 0 Å². The predicted molar refractivity (Wildman–Crippen MR) is 121 cm³/mol. The lowest BCUT2D eigenvalue weighted by Crippen LogP contribution is -2.62. The van der Waals surface area contributed by atoms with Gasteiger partial charge in [-0.3, -0.25) is 4.90 Å². The number of hydrogen-bond donors (Lipinski definition) is 1. The van der Waals surface area contributed by atoms with Crippen molar-refractivity contribution in [2.75, 3.05) is 50.7 Å². The van der Waals surface area contributed by atoms with Gasteiger partial charge >= 0.3 is 6.03 Å². The molecular weight excluding hydrogens is 445 g/mol. The van der Waals surface area contributed by atoms with Crippen molar-refractivity contribution in [1.29, 1.82) is 0 Å². The number of anilines is 1. The molecule has 172 valence electrons. The zero-order chi connectivity index (χ0) is 22.0. The summed E-state index contributed by atoms with van der Waals surface area (Å²) in [6.45, 7) is 4.07. The van der Waals surface area contributed by atoms with Crippen LogP contribution in [0.25, 0.3) is 0 Å². The number of alkyl halides is 2. The van der Waals surface area contributed by atoms with Crippen LogP contribution >= 0.6 is 23.2 Å². The maximum Gasteiger partial charge on any atom is 0.318 e. The van der Waals surface area contributed by atoms with Crippen LogP contribution in [0.3, 0.4) is 0 Å². The van der Waals surface area contributed by atoms with Crippen molar-refractivity contribution in [3.05, 3.63) is 28.2 Å². The molecule has 3 fully saturated rings. The Morgan fingerprint density at radius 2 is 1.74 bits per heavy atom. The second-order valence-electron chi connectivity index (χ2n) is 9.07. The van der Waals surface area contributed by atoms with E-state index in [0.717, 1.165) is 70.5 Å². The molecule has 0 unspecified atom stereocenters. The Kier molecular flexibility index (Phi) is 7.14. The van der Waals surface area contributed by atoms with E-state index in [1.54, 1.807) is 0 Å². The summed E-state index contributed by atoms with van der Waals surface area (Å²) in [4.78, 5) is 18.0. The monoisotopic (exact) mass is 474 g/mol. The van der Waals surface area contributed by atoms with Crippen molar-refractivity contribution in [1.82, 2.24) is 15.1 Å². The van der Waals surface area contributed by atoms with E-state index < -0.39 is 19.0 Å². The fourth-order valence-electron chi connectivity index (χ4n) is 4.83. The van der Waals surface area contributed by atoms with Gasteiger partial charge < -0.3 is 15.1 Å². The molecule has 1 N–H and O–H groups in total. The van der Waals surface area contributed by atoms with Crippen molar-refractivity contribution in [2.24, 2.45) is 5.92 Å². The Morgan fingerprint density at radius 1 is 1.06 bits per heavy atom. The second-order valence-corrected chi connectivity index (χ2v) is 9.85. The van der Waals surface area contributed by atoms with Gasteiger partial charge in [0.1, 0.15) is 0 Å². The Morgan fingerprint density at radius 3 is 2.39 bits per heavy atom. The molecule has 9 heteroatoms. The molecule has 2 heterocycles. The zero-order valence-corrected chi connectivity index (χ0v) is 19.1. The number of benzene rings is 1. The third-order valence-electron chi connectivity index (χ3n) is 6.80. The average molecular weight is 475 g/mol. The van der Waals surface area contributed by atoms with Crippen molar-refractivity contribution in [3.63, 3.8) is 0 Å². The number of hydrogen-bond acceptors (Lipinski definition) is 3. The van der Waals surface area contributed by atoms with E-state index in [-0.39, 0.29) is 12.1 Å². The summed E-state index contributed by atoms with van der Waals surface area (Å²) >= 11 is 12.5. The highest BCUT2D eigenvalue weighted by atomic mass is 35.5. The van der Waals surface area contributed by atoms with Crippen LogP contribution in [0.4, 0.5) is 19.3 Å². The van der Waals surface area contributed by atoms with E-state index >= 15 is 0 Å². The molecule has 0 spiro atoms. The summed E-state index contributed by atoms with van der Waals surface area (Å²) in [5, 5.41) is 4.15. The van der Waals surface area contributed by atoms with E-state index in [1.807, 2.05) is 18.2 Å². The summed E-state index contributed by atoms with van der Waals surface area (Å²) < 4.78 is 25.8. The summed E-state index contributed by atoms with van der Waals surface area (Å²) in [7, 11) is 0. The quantitative estimate of drug-likeness (QED) is 0.670. The predicted octanol–water partition coefficient (Wildman–Crippen LogP) is 4.72. The van der Waals surface area contributed by atoms with Gasteiger partial charge in [-0.05, 0) is 56.7 Å². The molecule has 0 radical (unpaired) electrons. The normalized spacial score (nSPS) is 26.5. The number of nitrogens with one attached hydrogen (secondary N) is 1. The van der Waals surface area contributed by atoms with Gasteiger partial charge in [0.15, 0.2) is 0 Å². The lowest BCUT2D eigenvalue weighted by Gasteiger charge is -2.40. The molecule has 5 nitrogen and oxygen atoms in total. The highest BCUT2D eigenvalue weighted by Crippen LogP contribution is 2.33. The van der Waals surface area contributed by atoms with Crippen molar-refractivity contribution in [2.45, 2.75) is 44.1 Å². The molecule has 1 saturated carbocycles. The molecule has 2 aliphatic heterocycles. The molecule has 0 bridgehead atoms. The van der Waals surface area contributed by atoms with Crippen LogP contribution in [0.15, 0.2) is 18.2 Å². The molecular formula is C22H30Cl2F2N4O. The van der Waals surface area contributed by atoms with Gasteiger partial charge in [0.25, 0.3) is 5.92 Å². The smallest absolute Gasteiger partial charge is 0.318 e. The van der Waals surface area contributed by atoms with Crippen molar-refractivity contribution < 1.29 is 13.6 Å². The van der Waals surface area contributed by atoms with Crippen molar-refractivity contribution >= 4 is 34.9 Å². The van der Waals surface area contributed by atoms with E-state index in [0.29, 0.717) is 16.0 Å². The van der Waals surface area contributed by atoms with Gasteiger partial charge in [0.05, 0.1) is 28.8 Å². The van der Waals surface area contributed by atoms with Crippen LogP contribution < -0.4 is 10.2 Å². The lowest BCUT2D eigenvalue weighted by atomic mass is 9.84. The summed E-state index contributed by atoms with van der Waals surface area (Å²) in [6.07, 6.45) is 5.19. The first kappa shape index (κ1) is 22.9. The zero-order valence-electron chi connectivity index (χ0n) is 17.6. The maximum atomic E-state index is 12.9. The number of urea groups is 1. The first-order valence-corrected chi connectivity index (χ1v) is 11.9. The number of piperazine rings is 1. The van der Waals surface area contributed by atoms with Gasteiger partial charge in [-0.25, -0.2) is 13.6 Å². The number of rotatable bonds is 5. The van der Waals surface area contributed by atoms with Crippen LogP contribution in [0.1, 0.15) is 32.1 Å². The first-order valence-electron chi connectivity index (χ1n) is 11.2. The Hall–Kier alpha value is -1.31. The van der Waals surface area contributed by atoms with Crippen LogP contribution in [0, 0.1) is 5.92 Å². The van der Waals surface area contributed by atoms with Crippen LogP contribution in [0.5, 0.6) is 0 Å². The molecule has 2 saturated heterocycles. The molecule has 4 rings (SSSR count). The standard InChI is InChI=1S/C22H30Cl2F2N4O/c23-18-2-1-3-19(20(18)24)29-12-10-28(11-13-29)9-8-16-4-6-17(7-5-16)27-21(31)30-14-22(25,26)15-30/h1-3,16-17H,4-15H2,(H,27,31). The van der Waals surface area contributed by atoms with Crippen LogP contribution in [0.2, 0.25) is 10.0 Å². The Labute approximate surface area is 192 Å². The minimum atomic E-state index is -2.71. The van der Waals surface area contributed by atoms with E-state index in [1.165, 1.54) is 4.90 Å². The number of carbonyl (C=O) groups excluding carboxylic acids is 1. The van der Waals surface area contributed by atoms with E-state index in [9.17, 15) is 13.6 Å². The maximum absolute atomic E-state index is 12.9. The molecule has 1 aliphatic carbocycles. The summed E-state index contributed by atoms with van der Waals surface area (Å²) in [6, 6.07) is 5.55. The molecule has 2 amide bonds. The van der Waals surface area contributed by atoms with Gasteiger partial charge in [-0.15, -0.1) is 0 Å². The number of carbonyl (C=O) groups is 1. The molecule has 3 aliphatic rings. The molecule has 0 aromatic heterocycles. The highest BCUT2D eigenvalue weighted by Gasteiger charge is 2.46. The third-order valence-corrected chi connectivity index (χ3v) is 7.61. The number of likely N-dealkylation sites (tertiary alicyclic amines) is 1. The van der Waals surface area contributed by atoms with Gasteiger partial charge in [0.2, 0.25) is 0 Å². The van der Waals surface area contributed by atoms with Crippen LogP contribution in [-0.2, 0) is 0 Å².